The average molecular weight is 345 g/mol. The highest BCUT2D eigenvalue weighted by Gasteiger charge is 2.06. The van der Waals surface area contributed by atoms with Gasteiger partial charge in [-0.25, -0.2) is 18.0 Å². The highest BCUT2D eigenvalue weighted by molar-refractivity contribution is 6.32. The molecule has 0 aliphatic rings. The standard InChI is InChI=1S/C15H12ClF3N2O2/c16-11-7-9(17)1-4-14(11)23-6-5-20-15(22)21-10-2-3-12(18)13(19)8-10/h1-4,7-8H,5-6H2,(H2,20,21,22). The van der Waals surface area contributed by atoms with E-state index in [1.54, 1.807) is 0 Å². The van der Waals surface area contributed by atoms with Crippen LogP contribution in [-0.2, 0) is 0 Å². The summed E-state index contributed by atoms with van der Waals surface area (Å²) in [5.41, 5.74) is 0.115. The molecular formula is C15H12ClF3N2O2. The van der Waals surface area contributed by atoms with Crippen molar-refractivity contribution < 1.29 is 22.7 Å². The molecule has 4 nitrogen and oxygen atoms in total. The average Bonchev–Trinajstić information content (AvgIpc) is 2.49. The number of ether oxygens (including phenoxy) is 1. The van der Waals surface area contributed by atoms with Gasteiger partial charge in [-0.2, -0.15) is 0 Å². The van der Waals surface area contributed by atoms with Gasteiger partial charge in [0.15, 0.2) is 11.6 Å². The number of benzene rings is 2. The molecule has 0 spiro atoms. The number of hydrogen-bond acceptors (Lipinski definition) is 2. The third-order valence-corrected chi connectivity index (χ3v) is 3.01. The van der Waals surface area contributed by atoms with E-state index >= 15 is 0 Å². The molecule has 0 atom stereocenters. The van der Waals surface area contributed by atoms with Crippen LogP contribution >= 0.6 is 11.6 Å². The van der Waals surface area contributed by atoms with Crippen LogP contribution in [0.25, 0.3) is 0 Å². The first-order valence-electron chi connectivity index (χ1n) is 6.53. The Morgan fingerprint density at radius 2 is 1.87 bits per heavy atom. The third-order valence-electron chi connectivity index (χ3n) is 2.72. The zero-order valence-corrected chi connectivity index (χ0v) is 12.5. The number of carbonyl (C=O) groups excluding carboxylic acids is 1. The summed E-state index contributed by atoms with van der Waals surface area (Å²) >= 11 is 5.78. The van der Waals surface area contributed by atoms with Gasteiger partial charge in [0.2, 0.25) is 0 Å². The first-order chi connectivity index (χ1) is 11.0. The Kier molecular flexibility index (Phi) is 5.70. The Labute approximate surface area is 135 Å². The second kappa shape index (κ2) is 7.73. The fourth-order valence-electron chi connectivity index (χ4n) is 1.67. The molecule has 0 unspecified atom stereocenters. The van der Waals surface area contributed by atoms with Crippen molar-refractivity contribution in [3.8, 4) is 5.75 Å². The van der Waals surface area contributed by atoms with Crippen LogP contribution in [0.4, 0.5) is 23.7 Å². The molecule has 2 aromatic rings. The smallest absolute Gasteiger partial charge is 0.319 e. The summed E-state index contributed by atoms with van der Waals surface area (Å²) in [6, 6.07) is 6.08. The lowest BCUT2D eigenvalue weighted by Gasteiger charge is -2.10. The number of urea groups is 1. The van der Waals surface area contributed by atoms with Crippen LogP contribution in [0.2, 0.25) is 5.02 Å². The number of halogens is 4. The zero-order valence-electron chi connectivity index (χ0n) is 11.7. The summed E-state index contributed by atoms with van der Waals surface area (Å²) in [6.07, 6.45) is 0. The summed E-state index contributed by atoms with van der Waals surface area (Å²) in [4.78, 5) is 11.6. The molecule has 8 heteroatoms. The molecule has 0 aliphatic heterocycles. The molecule has 122 valence electrons. The van der Waals surface area contributed by atoms with E-state index in [4.69, 9.17) is 16.3 Å². The fourth-order valence-corrected chi connectivity index (χ4v) is 1.89. The Bertz CT molecular complexity index is 713. The monoisotopic (exact) mass is 344 g/mol. The minimum Gasteiger partial charge on any atom is -0.490 e. The largest absolute Gasteiger partial charge is 0.490 e. The first-order valence-corrected chi connectivity index (χ1v) is 6.91. The first kappa shape index (κ1) is 17.0. The molecular weight excluding hydrogens is 333 g/mol. The predicted molar refractivity (Wildman–Crippen MR) is 80.3 cm³/mol. The van der Waals surface area contributed by atoms with Gasteiger partial charge in [0, 0.05) is 11.8 Å². The molecule has 0 fully saturated rings. The molecule has 0 aromatic heterocycles. The topological polar surface area (TPSA) is 50.4 Å². The summed E-state index contributed by atoms with van der Waals surface area (Å²) in [7, 11) is 0. The van der Waals surface area contributed by atoms with Crippen molar-refractivity contribution in [1.29, 1.82) is 0 Å². The SMILES string of the molecule is O=C(NCCOc1ccc(F)cc1Cl)Nc1ccc(F)c(F)c1. The molecule has 23 heavy (non-hydrogen) atoms. The molecule has 2 rings (SSSR count). The fraction of sp³-hybridized carbons (Fsp3) is 0.133. The molecule has 2 aromatic carbocycles. The highest BCUT2D eigenvalue weighted by Crippen LogP contribution is 2.24. The second-order valence-electron chi connectivity index (χ2n) is 4.43. The van der Waals surface area contributed by atoms with Gasteiger partial charge in [0.1, 0.15) is 18.2 Å². The van der Waals surface area contributed by atoms with E-state index < -0.39 is 23.5 Å². The predicted octanol–water partition coefficient (Wildman–Crippen LogP) is 3.96. The van der Waals surface area contributed by atoms with Crippen molar-refractivity contribution >= 4 is 23.3 Å². The normalized spacial score (nSPS) is 10.3. The summed E-state index contributed by atoms with van der Waals surface area (Å²) in [6.45, 7) is 0.222. The molecule has 0 saturated carbocycles. The maximum absolute atomic E-state index is 13.0. The molecule has 0 bridgehead atoms. The Hall–Kier alpha value is -2.41. The van der Waals surface area contributed by atoms with Crippen LogP contribution in [-0.4, -0.2) is 19.2 Å². The van der Waals surface area contributed by atoms with Crippen LogP contribution < -0.4 is 15.4 Å². The Balaban J connectivity index is 1.75. The van der Waals surface area contributed by atoms with Gasteiger partial charge < -0.3 is 15.4 Å². The van der Waals surface area contributed by atoms with E-state index in [0.29, 0.717) is 0 Å². The van der Waals surface area contributed by atoms with Gasteiger partial charge in [-0.3, -0.25) is 0 Å². The van der Waals surface area contributed by atoms with E-state index in [2.05, 4.69) is 10.6 Å². The van der Waals surface area contributed by atoms with Crippen LogP contribution in [0.1, 0.15) is 0 Å². The summed E-state index contributed by atoms with van der Waals surface area (Å²) < 4.78 is 43.9. The van der Waals surface area contributed by atoms with Crippen LogP contribution in [0, 0.1) is 17.5 Å². The lowest BCUT2D eigenvalue weighted by molar-refractivity contribution is 0.247. The van der Waals surface area contributed by atoms with Crippen molar-refractivity contribution in [2.75, 3.05) is 18.5 Å². The molecule has 2 N–H and O–H groups in total. The van der Waals surface area contributed by atoms with Crippen LogP contribution in [0.3, 0.4) is 0 Å². The molecule has 0 radical (unpaired) electrons. The van der Waals surface area contributed by atoms with Gasteiger partial charge in [-0.05, 0) is 30.3 Å². The second-order valence-corrected chi connectivity index (χ2v) is 4.84. The van der Waals surface area contributed by atoms with E-state index in [-0.39, 0.29) is 29.6 Å². The van der Waals surface area contributed by atoms with Crippen molar-refractivity contribution in [2.24, 2.45) is 0 Å². The highest BCUT2D eigenvalue weighted by atomic mass is 35.5. The number of carbonyl (C=O) groups is 1. The third kappa shape index (κ3) is 5.07. The molecule has 2 amide bonds. The molecule has 0 heterocycles. The van der Waals surface area contributed by atoms with Gasteiger partial charge in [0.25, 0.3) is 0 Å². The van der Waals surface area contributed by atoms with E-state index in [0.717, 1.165) is 18.2 Å². The van der Waals surface area contributed by atoms with Crippen LogP contribution in [0.5, 0.6) is 5.75 Å². The number of anilines is 1. The molecule has 0 aliphatic carbocycles. The Morgan fingerprint density at radius 3 is 2.57 bits per heavy atom. The van der Waals surface area contributed by atoms with Gasteiger partial charge in [-0.15, -0.1) is 0 Å². The summed E-state index contributed by atoms with van der Waals surface area (Å²) in [5.74, 6) is -2.25. The maximum Gasteiger partial charge on any atom is 0.319 e. The van der Waals surface area contributed by atoms with Crippen molar-refractivity contribution in [3.05, 3.63) is 58.9 Å². The van der Waals surface area contributed by atoms with Gasteiger partial charge in [-0.1, -0.05) is 11.6 Å². The van der Waals surface area contributed by atoms with Gasteiger partial charge in [0.05, 0.1) is 11.6 Å². The zero-order chi connectivity index (χ0) is 16.8. The Morgan fingerprint density at radius 1 is 1.09 bits per heavy atom. The van der Waals surface area contributed by atoms with Crippen molar-refractivity contribution in [1.82, 2.24) is 5.32 Å². The van der Waals surface area contributed by atoms with E-state index in [1.807, 2.05) is 0 Å². The van der Waals surface area contributed by atoms with Crippen molar-refractivity contribution in [3.63, 3.8) is 0 Å². The van der Waals surface area contributed by atoms with Crippen LogP contribution in [0.15, 0.2) is 36.4 Å². The van der Waals surface area contributed by atoms with E-state index in [1.165, 1.54) is 18.2 Å². The van der Waals surface area contributed by atoms with Gasteiger partial charge >= 0.3 is 6.03 Å². The van der Waals surface area contributed by atoms with E-state index in [9.17, 15) is 18.0 Å². The quantitative estimate of drug-likeness (QED) is 0.807. The number of rotatable bonds is 5. The number of amides is 2. The summed E-state index contributed by atoms with van der Waals surface area (Å²) in [5, 5.41) is 4.92. The number of hydrogen-bond donors (Lipinski definition) is 2. The minimum absolute atomic E-state index is 0.0938. The minimum atomic E-state index is -1.06. The maximum atomic E-state index is 13.0. The molecule has 0 saturated heterocycles. The number of nitrogens with one attached hydrogen (secondary N) is 2. The lowest BCUT2D eigenvalue weighted by atomic mass is 10.3. The lowest BCUT2D eigenvalue weighted by Crippen LogP contribution is -2.32. The van der Waals surface area contributed by atoms with Crippen molar-refractivity contribution in [2.45, 2.75) is 0 Å².